The van der Waals surface area contributed by atoms with Crippen LogP contribution >= 0.6 is 11.3 Å². The van der Waals surface area contributed by atoms with Gasteiger partial charge in [-0.2, -0.15) is 0 Å². The van der Waals surface area contributed by atoms with Crippen LogP contribution in [0.4, 0.5) is 0 Å². The molecule has 1 aromatic heterocycles. The fraction of sp³-hybridized carbons (Fsp3) is 0.250. The Bertz CT molecular complexity index is 841. The van der Waals surface area contributed by atoms with Crippen molar-refractivity contribution in [2.45, 2.75) is 12.5 Å². The molecule has 0 aliphatic rings. The van der Waals surface area contributed by atoms with Crippen LogP contribution in [0.15, 0.2) is 59.6 Å². The van der Waals surface area contributed by atoms with E-state index in [-0.39, 0.29) is 6.54 Å². The molecule has 5 nitrogen and oxygen atoms in total. The van der Waals surface area contributed by atoms with Crippen molar-refractivity contribution >= 4 is 27.4 Å². The van der Waals surface area contributed by atoms with E-state index in [2.05, 4.69) is 16.4 Å². The number of benzene rings is 2. The number of aliphatic hydroxyl groups is 1. The van der Waals surface area contributed by atoms with Gasteiger partial charge in [0.05, 0.1) is 13.7 Å². The molecular weight excluding hydrogens is 346 g/mol. The molecule has 0 saturated heterocycles. The fourth-order valence-corrected chi connectivity index (χ4v) is 3.67. The lowest BCUT2D eigenvalue weighted by atomic mass is 10.1. The fourth-order valence-electron chi connectivity index (χ4n) is 2.62. The summed E-state index contributed by atoms with van der Waals surface area (Å²) in [6.45, 7) is 0.925. The Morgan fingerprint density at radius 2 is 2.00 bits per heavy atom. The molecule has 3 aromatic rings. The van der Waals surface area contributed by atoms with E-state index >= 15 is 0 Å². The molecule has 26 heavy (non-hydrogen) atoms. The van der Waals surface area contributed by atoms with Crippen molar-refractivity contribution < 1.29 is 9.84 Å². The van der Waals surface area contributed by atoms with Gasteiger partial charge in [-0.1, -0.05) is 30.3 Å². The van der Waals surface area contributed by atoms with Crippen LogP contribution in [0.1, 0.15) is 16.5 Å². The first-order valence-corrected chi connectivity index (χ1v) is 9.30. The van der Waals surface area contributed by atoms with Gasteiger partial charge in [-0.15, -0.1) is 11.3 Å². The largest absolute Gasteiger partial charge is 0.497 e. The van der Waals surface area contributed by atoms with Crippen LogP contribution in [0.2, 0.25) is 0 Å². The molecule has 1 unspecified atom stereocenters. The third-order valence-electron chi connectivity index (χ3n) is 4.09. The van der Waals surface area contributed by atoms with Gasteiger partial charge in [0.25, 0.3) is 0 Å². The molecular formula is C20H23N3O2S. The summed E-state index contributed by atoms with van der Waals surface area (Å²) in [5.41, 5.74) is 7.09. The molecule has 2 aromatic carbocycles. The summed E-state index contributed by atoms with van der Waals surface area (Å²) in [6, 6.07) is 18.0. The molecule has 0 aliphatic carbocycles. The number of aliphatic imine (C=N–C) groups is 1. The topological polar surface area (TPSA) is 79.9 Å². The number of nitrogens with two attached hydrogens (primary N) is 1. The van der Waals surface area contributed by atoms with E-state index in [1.807, 2.05) is 48.5 Å². The lowest BCUT2D eigenvalue weighted by Gasteiger charge is -2.08. The zero-order chi connectivity index (χ0) is 18.4. The molecule has 0 saturated carbocycles. The number of nitrogens with zero attached hydrogens (tertiary/aromatic N) is 1. The number of hydrogen-bond acceptors (Lipinski definition) is 4. The second-order valence-corrected chi connectivity index (χ2v) is 7.07. The van der Waals surface area contributed by atoms with Crippen LogP contribution in [-0.2, 0) is 6.42 Å². The maximum Gasteiger partial charge on any atom is 0.188 e. The Morgan fingerprint density at radius 3 is 2.73 bits per heavy atom. The summed E-state index contributed by atoms with van der Waals surface area (Å²) in [5, 5.41) is 14.6. The van der Waals surface area contributed by atoms with Gasteiger partial charge in [0.2, 0.25) is 0 Å². The number of ether oxygens (including phenoxy) is 1. The maximum atomic E-state index is 10.3. The minimum absolute atomic E-state index is 0.244. The number of fused-ring (bicyclic) bond motifs is 1. The summed E-state index contributed by atoms with van der Waals surface area (Å²) in [6.07, 6.45) is 0.188. The van der Waals surface area contributed by atoms with E-state index in [1.54, 1.807) is 18.4 Å². The quantitative estimate of drug-likeness (QED) is 0.442. The third-order valence-corrected chi connectivity index (χ3v) is 5.30. The number of guanidine groups is 1. The van der Waals surface area contributed by atoms with Gasteiger partial charge >= 0.3 is 0 Å². The van der Waals surface area contributed by atoms with Crippen LogP contribution < -0.4 is 15.8 Å². The molecule has 0 amide bonds. The zero-order valence-electron chi connectivity index (χ0n) is 14.7. The van der Waals surface area contributed by atoms with Gasteiger partial charge in [-0.3, -0.25) is 4.99 Å². The summed E-state index contributed by atoms with van der Waals surface area (Å²) >= 11 is 1.58. The summed E-state index contributed by atoms with van der Waals surface area (Å²) < 4.78 is 6.31. The van der Waals surface area contributed by atoms with Crippen LogP contribution in [0.25, 0.3) is 10.1 Å². The molecule has 136 valence electrons. The number of thiophene rings is 1. The number of hydrogen-bond donors (Lipinski definition) is 3. The molecule has 0 spiro atoms. The van der Waals surface area contributed by atoms with E-state index in [4.69, 9.17) is 10.5 Å². The lowest BCUT2D eigenvalue weighted by Crippen LogP contribution is -2.33. The maximum absolute atomic E-state index is 10.3. The zero-order valence-corrected chi connectivity index (χ0v) is 15.5. The molecule has 0 bridgehead atoms. The van der Waals surface area contributed by atoms with Crippen molar-refractivity contribution in [2.24, 2.45) is 10.7 Å². The van der Waals surface area contributed by atoms with Crippen molar-refractivity contribution in [3.05, 3.63) is 65.0 Å². The van der Waals surface area contributed by atoms with Gasteiger partial charge in [0.1, 0.15) is 11.9 Å². The predicted molar refractivity (Wildman–Crippen MR) is 108 cm³/mol. The van der Waals surface area contributed by atoms with Gasteiger partial charge in [0.15, 0.2) is 5.96 Å². The molecule has 3 rings (SSSR count). The molecule has 0 aliphatic heterocycles. The first-order chi connectivity index (χ1) is 12.7. The van der Waals surface area contributed by atoms with E-state index in [0.29, 0.717) is 12.5 Å². The van der Waals surface area contributed by atoms with Crippen molar-refractivity contribution in [1.29, 1.82) is 0 Å². The number of nitrogens with one attached hydrogen (secondary N) is 1. The summed E-state index contributed by atoms with van der Waals surface area (Å²) in [5.74, 6) is 1.19. The Morgan fingerprint density at radius 1 is 1.23 bits per heavy atom. The van der Waals surface area contributed by atoms with E-state index in [0.717, 1.165) is 27.1 Å². The SMILES string of the molecule is COc1ccc(CCNC(N)=NCC(O)c2cc3ccccc3s2)cc1. The minimum Gasteiger partial charge on any atom is -0.497 e. The smallest absolute Gasteiger partial charge is 0.188 e. The molecule has 0 fully saturated rings. The minimum atomic E-state index is -0.644. The highest BCUT2D eigenvalue weighted by Crippen LogP contribution is 2.29. The van der Waals surface area contributed by atoms with E-state index in [1.165, 1.54) is 5.56 Å². The predicted octanol–water partition coefficient (Wildman–Crippen LogP) is 3.09. The van der Waals surface area contributed by atoms with Crippen molar-refractivity contribution in [2.75, 3.05) is 20.2 Å². The lowest BCUT2D eigenvalue weighted by molar-refractivity contribution is 0.191. The van der Waals surface area contributed by atoms with Gasteiger partial charge < -0.3 is 20.9 Å². The highest BCUT2D eigenvalue weighted by atomic mass is 32.1. The normalized spacial score (nSPS) is 12.9. The molecule has 0 radical (unpaired) electrons. The van der Waals surface area contributed by atoms with Crippen molar-refractivity contribution in [3.8, 4) is 5.75 Å². The van der Waals surface area contributed by atoms with Crippen molar-refractivity contribution in [1.82, 2.24) is 5.32 Å². The Kier molecular flexibility index (Phi) is 6.09. The summed E-state index contributed by atoms with van der Waals surface area (Å²) in [7, 11) is 1.65. The Hall–Kier alpha value is -2.57. The van der Waals surface area contributed by atoms with Crippen molar-refractivity contribution in [3.63, 3.8) is 0 Å². The van der Waals surface area contributed by atoms with Gasteiger partial charge in [-0.25, -0.2) is 0 Å². The standard InChI is InChI=1S/C20H23N3O2S/c1-25-16-8-6-14(7-9-16)10-11-22-20(21)23-13-17(24)19-12-15-4-2-3-5-18(15)26-19/h2-9,12,17,24H,10-11,13H2,1H3,(H3,21,22,23). The summed E-state index contributed by atoms with van der Waals surface area (Å²) in [4.78, 5) is 5.15. The second-order valence-electron chi connectivity index (χ2n) is 5.95. The average molecular weight is 369 g/mol. The van der Waals surface area contributed by atoms with Crippen LogP contribution in [0.5, 0.6) is 5.75 Å². The second kappa shape index (κ2) is 8.69. The average Bonchev–Trinajstić information content (AvgIpc) is 3.11. The molecule has 4 N–H and O–H groups in total. The van der Waals surface area contributed by atoms with Gasteiger partial charge in [-0.05, 0) is 41.6 Å². The highest BCUT2D eigenvalue weighted by Gasteiger charge is 2.11. The monoisotopic (exact) mass is 369 g/mol. The highest BCUT2D eigenvalue weighted by molar-refractivity contribution is 7.19. The molecule has 1 heterocycles. The van der Waals surface area contributed by atoms with E-state index < -0.39 is 6.10 Å². The Labute approximate surface area is 157 Å². The first-order valence-electron chi connectivity index (χ1n) is 8.49. The van der Waals surface area contributed by atoms with Gasteiger partial charge in [0, 0.05) is 16.1 Å². The number of aliphatic hydroxyl groups excluding tert-OH is 1. The third kappa shape index (κ3) is 4.74. The number of methoxy groups -OCH3 is 1. The number of rotatable bonds is 7. The van der Waals surface area contributed by atoms with E-state index in [9.17, 15) is 5.11 Å². The molecule has 1 atom stereocenters. The van der Waals surface area contributed by atoms with Crippen LogP contribution in [-0.4, -0.2) is 31.3 Å². The van der Waals surface area contributed by atoms with Crippen LogP contribution in [0, 0.1) is 0 Å². The first kappa shape index (κ1) is 18.2. The van der Waals surface area contributed by atoms with Crippen LogP contribution in [0.3, 0.4) is 0 Å². The molecule has 6 heteroatoms. The Balaban J connectivity index is 1.47.